The van der Waals surface area contributed by atoms with Crippen molar-refractivity contribution in [3.63, 3.8) is 0 Å². The van der Waals surface area contributed by atoms with E-state index < -0.39 is 0 Å². The summed E-state index contributed by atoms with van der Waals surface area (Å²) in [4.78, 5) is 2.30. The third-order valence-electron chi connectivity index (χ3n) is 2.91. The lowest BCUT2D eigenvalue weighted by molar-refractivity contribution is 0.313. The average Bonchev–Trinajstić information content (AvgIpc) is 2.36. The van der Waals surface area contributed by atoms with Crippen LogP contribution in [0, 0.1) is 5.92 Å². The first-order chi connectivity index (χ1) is 9.02. The van der Waals surface area contributed by atoms with E-state index in [1.165, 1.54) is 5.56 Å². The van der Waals surface area contributed by atoms with Crippen LogP contribution >= 0.6 is 15.9 Å². The Hall–Kier alpha value is -0.580. The smallest absolute Gasteiger partial charge is 0.124 e. The molecule has 0 saturated heterocycles. The monoisotopic (exact) mass is 328 g/mol. The molecule has 0 spiro atoms. The zero-order valence-corrected chi connectivity index (χ0v) is 14.0. The number of hydrogen-bond acceptors (Lipinski definition) is 3. The van der Waals surface area contributed by atoms with Gasteiger partial charge in [-0.2, -0.15) is 0 Å². The number of likely N-dealkylation sites (N-methyl/N-ethyl adjacent to an activating group) is 1. The summed E-state index contributed by atoms with van der Waals surface area (Å²) in [6.45, 7) is 8.49. The van der Waals surface area contributed by atoms with Crippen molar-refractivity contribution in [3.05, 3.63) is 28.2 Å². The molecule has 0 fully saturated rings. The van der Waals surface area contributed by atoms with E-state index in [0.29, 0.717) is 5.92 Å². The van der Waals surface area contributed by atoms with Gasteiger partial charge >= 0.3 is 0 Å². The Kier molecular flexibility index (Phi) is 7.42. The van der Waals surface area contributed by atoms with Gasteiger partial charge in [0, 0.05) is 29.7 Å². The molecule has 0 amide bonds. The molecule has 0 aliphatic heterocycles. The van der Waals surface area contributed by atoms with Gasteiger partial charge in [-0.05, 0) is 31.6 Å². The molecule has 0 bridgehead atoms. The summed E-state index contributed by atoms with van der Waals surface area (Å²) in [5.41, 5.74) is 1.22. The first-order valence-electron chi connectivity index (χ1n) is 6.74. The van der Waals surface area contributed by atoms with Gasteiger partial charge < -0.3 is 15.0 Å². The SMILES string of the molecule is COc1cc(Br)ccc1CN(C)CCNCC(C)C. The lowest BCUT2D eigenvalue weighted by Crippen LogP contribution is -2.30. The average molecular weight is 329 g/mol. The molecule has 19 heavy (non-hydrogen) atoms. The molecule has 0 unspecified atom stereocenters. The quantitative estimate of drug-likeness (QED) is 0.742. The van der Waals surface area contributed by atoms with Crippen LogP contribution in [0.2, 0.25) is 0 Å². The van der Waals surface area contributed by atoms with Crippen molar-refractivity contribution in [3.8, 4) is 5.75 Å². The van der Waals surface area contributed by atoms with E-state index in [4.69, 9.17) is 4.74 Å². The Bertz CT molecular complexity index is 382. The molecule has 4 heteroatoms. The van der Waals surface area contributed by atoms with Crippen molar-refractivity contribution in [2.75, 3.05) is 33.8 Å². The van der Waals surface area contributed by atoms with E-state index in [-0.39, 0.29) is 0 Å². The van der Waals surface area contributed by atoms with Gasteiger partial charge in [0.25, 0.3) is 0 Å². The van der Waals surface area contributed by atoms with Crippen LogP contribution < -0.4 is 10.1 Å². The summed E-state index contributed by atoms with van der Waals surface area (Å²) in [6, 6.07) is 6.18. The molecule has 1 N–H and O–H groups in total. The number of ether oxygens (including phenoxy) is 1. The molecule has 3 nitrogen and oxygen atoms in total. The lowest BCUT2D eigenvalue weighted by atomic mass is 10.2. The van der Waals surface area contributed by atoms with Crippen molar-refractivity contribution in [1.29, 1.82) is 0 Å². The van der Waals surface area contributed by atoms with Crippen LogP contribution in [-0.4, -0.2) is 38.7 Å². The zero-order valence-electron chi connectivity index (χ0n) is 12.4. The Morgan fingerprint density at radius 3 is 2.74 bits per heavy atom. The molecule has 0 radical (unpaired) electrons. The van der Waals surface area contributed by atoms with Crippen molar-refractivity contribution in [1.82, 2.24) is 10.2 Å². The van der Waals surface area contributed by atoms with E-state index in [1.807, 2.05) is 6.07 Å². The van der Waals surface area contributed by atoms with Crippen LogP contribution in [0.15, 0.2) is 22.7 Å². The molecule has 0 heterocycles. The molecule has 0 atom stereocenters. The first kappa shape index (κ1) is 16.5. The number of rotatable bonds is 8. The minimum atomic E-state index is 0.705. The highest BCUT2D eigenvalue weighted by atomic mass is 79.9. The van der Waals surface area contributed by atoms with Crippen LogP contribution in [0.4, 0.5) is 0 Å². The van der Waals surface area contributed by atoms with Crippen LogP contribution in [-0.2, 0) is 6.54 Å². The van der Waals surface area contributed by atoms with Gasteiger partial charge in [0.05, 0.1) is 7.11 Å². The number of methoxy groups -OCH3 is 1. The minimum Gasteiger partial charge on any atom is -0.496 e. The lowest BCUT2D eigenvalue weighted by Gasteiger charge is -2.19. The van der Waals surface area contributed by atoms with Crippen LogP contribution in [0.3, 0.4) is 0 Å². The van der Waals surface area contributed by atoms with Crippen molar-refractivity contribution >= 4 is 15.9 Å². The predicted octanol–water partition coefficient (Wildman–Crippen LogP) is 3.14. The highest BCUT2D eigenvalue weighted by molar-refractivity contribution is 9.10. The van der Waals surface area contributed by atoms with Crippen LogP contribution in [0.25, 0.3) is 0 Å². The molecular weight excluding hydrogens is 304 g/mol. The van der Waals surface area contributed by atoms with Gasteiger partial charge in [-0.15, -0.1) is 0 Å². The summed E-state index contributed by atoms with van der Waals surface area (Å²) in [7, 11) is 3.86. The fraction of sp³-hybridized carbons (Fsp3) is 0.600. The topological polar surface area (TPSA) is 24.5 Å². The number of benzene rings is 1. The highest BCUT2D eigenvalue weighted by Gasteiger charge is 2.06. The van der Waals surface area contributed by atoms with Crippen LogP contribution in [0.1, 0.15) is 19.4 Å². The molecular formula is C15H25BrN2O. The largest absolute Gasteiger partial charge is 0.496 e. The third-order valence-corrected chi connectivity index (χ3v) is 3.41. The highest BCUT2D eigenvalue weighted by Crippen LogP contribution is 2.24. The molecule has 0 saturated carbocycles. The maximum atomic E-state index is 5.41. The maximum Gasteiger partial charge on any atom is 0.124 e. The molecule has 0 aromatic heterocycles. The second-order valence-electron chi connectivity index (χ2n) is 5.29. The molecule has 0 aliphatic rings. The third kappa shape index (κ3) is 6.41. The molecule has 1 rings (SSSR count). The standard InChI is InChI=1S/C15H25BrN2O/c1-12(2)10-17-7-8-18(3)11-13-5-6-14(16)9-15(13)19-4/h5-6,9,12,17H,7-8,10-11H2,1-4H3. The first-order valence-corrected chi connectivity index (χ1v) is 7.54. The summed E-state index contributed by atoms with van der Waals surface area (Å²) >= 11 is 3.46. The Balaban J connectivity index is 2.41. The van der Waals surface area contributed by atoms with Crippen LogP contribution in [0.5, 0.6) is 5.75 Å². The molecule has 1 aromatic carbocycles. The van der Waals surface area contributed by atoms with Gasteiger partial charge in [-0.25, -0.2) is 0 Å². The number of nitrogens with one attached hydrogen (secondary N) is 1. The second-order valence-corrected chi connectivity index (χ2v) is 6.21. The fourth-order valence-corrected chi connectivity index (χ4v) is 2.22. The van der Waals surface area contributed by atoms with Crippen molar-refractivity contribution in [2.45, 2.75) is 20.4 Å². The van der Waals surface area contributed by atoms with Gasteiger partial charge in [-0.1, -0.05) is 35.8 Å². The second kappa shape index (κ2) is 8.56. The summed E-state index contributed by atoms with van der Waals surface area (Å²) < 4.78 is 6.46. The van der Waals surface area contributed by atoms with E-state index in [1.54, 1.807) is 7.11 Å². The van der Waals surface area contributed by atoms with Gasteiger partial charge in [0.2, 0.25) is 0 Å². The summed E-state index contributed by atoms with van der Waals surface area (Å²) in [5.74, 6) is 1.65. The molecule has 108 valence electrons. The van der Waals surface area contributed by atoms with Gasteiger partial charge in [0.1, 0.15) is 5.75 Å². The normalized spacial score (nSPS) is 11.3. The molecule has 1 aromatic rings. The number of nitrogens with zero attached hydrogens (tertiary/aromatic N) is 1. The Labute approximate surface area is 125 Å². The van der Waals surface area contributed by atoms with E-state index >= 15 is 0 Å². The van der Waals surface area contributed by atoms with E-state index in [0.717, 1.165) is 36.4 Å². The van der Waals surface area contributed by atoms with E-state index in [2.05, 4.69) is 59.2 Å². The predicted molar refractivity (Wildman–Crippen MR) is 84.7 cm³/mol. The maximum absolute atomic E-state index is 5.41. The summed E-state index contributed by atoms with van der Waals surface area (Å²) in [5, 5.41) is 3.46. The van der Waals surface area contributed by atoms with Gasteiger partial charge in [0.15, 0.2) is 0 Å². The van der Waals surface area contributed by atoms with Crippen molar-refractivity contribution in [2.24, 2.45) is 5.92 Å². The van der Waals surface area contributed by atoms with Gasteiger partial charge in [-0.3, -0.25) is 0 Å². The number of halogens is 1. The number of hydrogen-bond donors (Lipinski definition) is 1. The Morgan fingerprint density at radius 1 is 1.37 bits per heavy atom. The fourth-order valence-electron chi connectivity index (χ4n) is 1.88. The summed E-state index contributed by atoms with van der Waals surface area (Å²) in [6.07, 6.45) is 0. The minimum absolute atomic E-state index is 0.705. The Morgan fingerprint density at radius 2 is 2.11 bits per heavy atom. The van der Waals surface area contributed by atoms with Crippen molar-refractivity contribution < 1.29 is 4.74 Å². The zero-order chi connectivity index (χ0) is 14.3. The molecule has 0 aliphatic carbocycles. The van der Waals surface area contributed by atoms with E-state index in [9.17, 15) is 0 Å².